The van der Waals surface area contributed by atoms with E-state index >= 15 is 0 Å². The fraction of sp³-hybridized carbons (Fsp3) is 0.233. The van der Waals surface area contributed by atoms with E-state index in [1.165, 1.54) is 61.5 Å². The Bertz CT molecular complexity index is 1840. The molecular weight excluding hydrogens is 612 g/mol. The van der Waals surface area contributed by atoms with Gasteiger partial charge in [0.05, 0.1) is 18.9 Å². The summed E-state index contributed by atoms with van der Waals surface area (Å²) in [4.78, 5) is 26.4. The predicted octanol–water partition coefficient (Wildman–Crippen LogP) is 3.81. The second-order valence-electron chi connectivity index (χ2n) is 10.1. The molecule has 1 aromatic heterocycles. The zero-order chi connectivity index (χ0) is 32.1. The molecule has 0 radical (unpaired) electrons. The summed E-state index contributed by atoms with van der Waals surface area (Å²) in [5.41, 5.74) is -0.126. The molecule has 15 heteroatoms. The zero-order valence-corrected chi connectivity index (χ0v) is 24.8. The molecule has 0 saturated carbocycles. The number of benzene rings is 3. The topological polar surface area (TPSA) is 152 Å². The third kappa shape index (κ3) is 7.51. The molecule has 5 rings (SSSR count). The second kappa shape index (κ2) is 13.5. The number of carboxylic acids is 1. The van der Waals surface area contributed by atoms with E-state index in [-0.39, 0.29) is 51.3 Å². The van der Waals surface area contributed by atoms with E-state index in [0.29, 0.717) is 32.8 Å². The van der Waals surface area contributed by atoms with E-state index in [2.05, 4.69) is 15.1 Å². The lowest BCUT2D eigenvalue weighted by molar-refractivity contribution is 0.0390. The van der Waals surface area contributed by atoms with Crippen molar-refractivity contribution in [2.24, 2.45) is 0 Å². The van der Waals surface area contributed by atoms with Gasteiger partial charge in [0.2, 0.25) is 15.9 Å². The van der Waals surface area contributed by atoms with Crippen molar-refractivity contribution < 1.29 is 41.4 Å². The highest BCUT2D eigenvalue weighted by molar-refractivity contribution is 7.89. The summed E-state index contributed by atoms with van der Waals surface area (Å²) < 4.78 is 70.1. The lowest BCUT2D eigenvalue weighted by Gasteiger charge is -2.26. The molecule has 1 amide bonds. The summed E-state index contributed by atoms with van der Waals surface area (Å²) in [6.07, 6.45) is 0. The summed E-state index contributed by atoms with van der Waals surface area (Å²) in [5.74, 6) is -3.69. The van der Waals surface area contributed by atoms with Crippen LogP contribution < -0.4 is 14.8 Å². The number of carboxylic acid groups (broad SMARTS) is 1. The fourth-order valence-corrected chi connectivity index (χ4v) is 5.82. The van der Waals surface area contributed by atoms with Crippen LogP contribution in [0.15, 0.2) is 71.6 Å². The zero-order valence-electron chi connectivity index (χ0n) is 24.0. The highest BCUT2D eigenvalue weighted by Gasteiger charge is 2.27. The van der Waals surface area contributed by atoms with Gasteiger partial charge in [-0.15, -0.1) is 0 Å². The minimum absolute atomic E-state index is 0.0131. The van der Waals surface area contributed by atoms with Crippen molar-refractivity contribution in [2.75, 3.05) is 44.7 Å². The summed E-state index contributed by atoms with van der Waals surface area (Å²) >= 11 is 0. The molecule has 45 heavy (non-hydrogen) atoms. The molecule has 0 spiro atoms. The van der Waals surface area contributed by atoms with Crippen LogP contribution in [0.4, 0.5) is 14.5 Å². The number of sulfonamides is 1. The lowest BCUT2D eigenvalue weighted by atomic mass is 10.2. The molecular formula is C30H29F2N5O7S. The Morgan fingerprint density at radius 3 is 2.42 bits per heavy atom. The van der Waals surface area contributed by atoms with E-state index in [1.54, 1.807) is 0 Å². The van der Waals surface area contributed by atoms with Crippen molar-refractivity contribution in [3.05, 3.63) is 95.2 Å². The van der Waals surface area contributed by atoms with Crippen LogP contribution in [-0.2, 0) is 14.8 Å². The van der Waals surface area contributed by atoms with E-state index in [4.69, 9.17) is 9.47 Å². The second-order valence-corrected chi connectivity index (χ2v) is 11.8. The van der Waals surface area contributed by atoms with Gasteiger partial charge in [0.25, 0.3) is 5.91 Å². The van der Waals surface area contributed by atoms with Crippen molar-refractivity contribution >= 4 is 27.6 Å². The van der Waals surface area contributed by atoms with Gasteiger partial charge in [-0.05, 0) is 61.5 Å². The summed E-state index contributed by atoms with van der Waals surface area (Å²) in [7, 11) is -4.30. The maximum atomic E-state index is 14.1. The van der Waals surface area contributed by atoms with Crippen LogP contribution in [0.3, 0.4) is 0 Å². The van der Waals surface area contributed by atoms with Crippen LogP contribution in [-0.4, -0.2) is 79.5 Å². The normalized spacial score (nSPS) is 13.8. The van der Waals surface area contributed by atoms with Crippen LogP contribution in [0.5, 0.6) is 11.6 Å². The van der Waals surface area contributed by atoms with Crippen LogP contribution >= 0.6 is 0 Å². The van der Waals surface area contributed by atoms with Crippen molar-refractivity contribution in [1.82, 2.24) is 19.4 Å². The molecule has 1 fully saturated rings. The van der Waals surface area contributed by atoms with Gasteiger partial charge in [-0.1, -0.05) is 12.1 Å². The van der Waals surface area contributed by atoms with Gasteiger partial charge in [-0.25, -0.2) is 26.7 Å². The van der Waals surface area contributed by atoms with Crippen molar-refractivity contribution in [2.45, 2.75) is 11.8 Å². The predicted molar refractivity (Wildman–Crippen MR) is 159 cm³/mol. The van der Waals surface area contributed by atoms with Gasteiger partial charge in [-0.3, -0.25) is 9.69 Å². The average Bonchev–Trinajstić information content (AvgIpc) is 3.34. The van der Waals surface area contributed by atoms with Gasteiger partial charge in [0, 0.05) is 43.0 Å². The Kier molecular flexibility index (Phi) is 9.53. The Morgan fingerprint density at radius 1 is 1.02 bits per heavy atom. The highest BCUT2D eigenvalue weighted by Crippen LogP contribution is 2.35. The maximum Gasteiger partial charge on any atom is 0.356 e. The first-order chi connectivity index (χ1) is 21.5. The van der Waals surface area contributed by atoms with Gasteiger partial charge in [0.15, 0.2) is 5.69 Å². The Labute approximate surface area is 257 Å². The van der Waals surface area contributed by atoms with Crippen molar-refractivity contribution in [3.63, 3.8) is 0 Å². The Balaban J connectivity index is 1.52. The van der Waals surface area contributed by atoms with E-state index in [0.717, 1.165) is 16.8 Å². The number of carbonyl (C=O) groups is 2. The van der Waals surface area contributed by atoms with Crippen molar-refractivity contribution in [3.8, 4) is 17.3 Å². The number of rotatable bonds is 11. The number of anilines is 1. The largest absolute Gasteiger partial charge is 0.476 e. The van der Waals surface area contributed by atoms with E-state index in [9.17, 15) is 31.9 Å². The molecule has 3 N–H and O–H groups in total. The molecule has 4 aromatic rings. The summed E-state index contributed by atoms with van der Waals surface area (Å²) in [6.45, 7) is 4.24. The Hall–Kier alpha value is -4.70. The van der Waals surface area contributed by atoms with Crippen LogP contribution in [0.25, 0.3) is 5.69 Å². The third-order valence-corrected chi connectivity index (χ3v) is 8.41. The molecule has 236 valence electrons. The third-order valence-electron chi connectivity index (χ3n) is 6.93. The first-order valence-electron chi connectivity index (χ1n) is 13.8. The highest BCUT2D eigenvalue weighted by atomic mass is 32.2. The number of ether oxygens (including phenoxy) is 2. The van der Waals surface area contributed by atoms with Gasteiger partial charge < -0.3 is 19.9 Å². The maximum absolute atomic E-state index is 14.1. The molecule has 0 atom stereocenters. The minimum Gasteiger partial charge on any atom is -0.476 e. The van der Waals surface area contributed by atoms with Crippen LogP contribution in [0.2, 0.25) is 0 Å². The molecule has 1 aliphatic heterocycles. The summed E-state index contributed by atoms with van der Waals surface area (Å²) in [5, 5.41) is 16.3. The molecule has 0 unspecified atom stereocenters. The van der Waals surface area contributed by atoms with E-state index < -0.39 is 33.5 Å². The standard InChI is InChI=1S/C30H29F2N5O7S/c1-19-27(30(39)40)35-37(24-7-3-6-22(32)17-24)29(19)44-25-9-8-23(34-28(38)20-4-2-5-21(31)16-20)18-26(25)45(41,42)33-10-11-36-12-14-43-15-13-36/h2-9,16-18,33H,10-15H2,1H3,(H,34,38)(H,39,40). The number of amides is 1. The minimum atomic E-state index is -4.30. The van der Waals surface area contributed by atoms with Crippen molar-refractivity contribution in [1.29, 1.82) is 0 Å². The summed E-state index contributed by atoms with van der Waals surface area (Å²) in [6, 6.07) is 14.0. The molecule has 2 heterocycles. The molecule has 0 aliphatic carbocycles. The number of nitrogens with zero attached hydrogens (tertiary/aromatic N) is 3. The smallest absolute Gasteiger partial charge is 0.356 e. The van der Waals surface area contributed by atoms with Gasteiger partial charge >= 0.3 is 5.97 Å². The number of aromatic carboxylic acids is 1. The van der Waals surface area contributed by atoms with E-state index in [1.807, 2.05) is 4.90 Å². The first-order valence-corrected chi connectivity index (χ1v) is 15.3. The van der Waals surface area contributed by atoms with Gasteiger partial charge in [-0.2, -0.15) is 9.78 Å². The number of halogens is 2. The molecule has 0 bridgehead atoms. The Morgan fingerprint density at radius 2 is 1.73 bits per heavy atom. The number of hydrogen-bond acceptors (Lipinski definition) is 8. The molecule has 1 saturated heterocycles. The number of morpholine rings is 1. The molecule has 1 aliphatic rings. The van der Waals surface area contributed by atoms with Crippen LogP contribution in [0, 0.1) is 18.6 Å². The first kappa shape index (κ1) is 31.7. The van der Waals surface area contributed by atoms with Gasteiger partial charge in [0.1, 0.15) is 22.3 Å². The molecule has 12 nitrogen and oxygen atoms in total. The lowest BCUT2D eigenvalue weighted by Crippen LogP contribution is -2.41. The average molecular weight is 642 g/mol. The monoisotopic (exact) mass is 641 g/mol. The number of nitrogens with one attached hydrogen (secondary N) is 2. The van der Waals surface area contributed by atoms with Crippen LogP contribution in [0.1, 0.15) is 26.4 Å². The fourth-order valence-electron chi connectivity index (χ4n) is 4.64. The SMILES string of the molecule is Cc1c(C(=O)O)nn(-c2cccc(F)c2)c1Oc1ccc(NC(=O)c2cccc(F)c2)cc1S(=O)(=O)NCCN1CCOCC1. The number of hydrogen-bond donors (Lipinski definition) is 3. The molecule has 3 aromatic carbocycles. The number of aromatic nitrogens is 2. The quantitative estimate of drug-likeness (QED) is 0.222. The number of carbonyl (C=O) groups excluding carboxylic acids is 1.